The SMILES string of the molecule is C1CCCCC[N]CCCC1. The summed E-state index contributed by atoms with van der Waals surface area (Å²) in [6.45, 7) is 2.25. The second-order valence-electron chi connectivity index (χ2n) is 3.50. The zero-order valence-corrected chi connectivity index (χ0v) is 7.52. The molecule has 1 radical (unpaired) electrons. The molecule has 0 aromatic heterocycles. The van der Waals surface area contributed by atoms with Gasteiger partial charge >= 0.3 is 0 Å². The van der Waals surface area contributed by atoms with Crippen LogP contribution in [0.25, 0.3) is 0 Å². The maximum Gasteiger partial charge on any atom is 0.0133 e. The van der Waals surface area contributed by atoms with Gasteiger partial charge in [-0.1, -0.05) is 38.5 Å². The van der Waals surface area contributed by atoms with Gasteiger partial charge in [0.05, 0.1) is 0 Å². The number of rotatable bonds is 0. The summed E-state index contributed by atoms with van der Waals surface area (Å²) in [7, 11) is 0. The molecule has 11 heavy (non-hydrogen) atoms. The zero-order valence-electron chi connectivity index (χ0n) is 7.52. The third kappa shape index (κ3) is 5.25. The average Bonchev–Trinajstić information content (AvgIpc) is 2.08. The number of nitrogens with zero attached hydrogens (tertiary/aromatic N) is 1. The summed E-state index contributed by atoms with van der Waals surface area (Å²) in [5.41, 5.74) is 0. The second kappa shape index (κ2) is 6.66. The van der Waals surface area contributed by atoms with Crippen LogP contribution in [0.15, 0.2) is 0 Å². The van der Waals surface area contributed by atoms with Crippen molar-refractivity contribution in [3.05, 3.63) is 0 Å². The van der Waals surface area contributed by atoms with Gasteiger partial charge in [-0.25, -0.2) is 5.32 Å². The molecule has 0 aromatic rings. The minimum Gasteiger partial charge on any atom is -0.242 e. The zero-order chi connectivity index (χ0) is 7.78. The topological polar surface area (TPSA) is 14.1 Å². The summed E-state index contributed by atoms with van der Waals surface area (Å²) < 4.78 is 0. The van der Waals surface area contributed by atoms with Gasteiger partial charge in [-0.15, -0.1) is 0 Å². The van der Waals surface area contributed by atoms with E-state index in [1.165, 1.54) is 51.4 Å². The van der Waals surface area contributed by atoms with Crippen molar-refractivity contribution in [2.24, 2.45) is 0 Å². The molecule has 0 atom stereocenters. The van der Waals surface area contributed by atoms with Crippen molar-refractivity contribution in [3.63, 3.8) is 0 Å². The summed E-state index contributed by atoms with van der Waals surface area (Å²) in [5.74, 6) is 0. The maximum absolute atomic E-state index is 4.47. The van der Waals surface area contributed by atoms with Crippen LogP contribution < -0.4 is 5.32 Å². The molecule has 1 heteroatoms. The summed E-state index contributed by atoms with van der Waals surface area (Å²) in [6, 6.07) is 0. The lowest BCUT2D eigenvalue weighted by molar-refractivity contribution is 0.585. The molecule has 0 unspecified atom stereocenters. The highest BCUT2D eigenvalue weighted by molar-refractivity contribution is 4.53. The summed E-state index contributed by atoms with van der Waals surface area (Å²) in [6.07, 6.45) is 11.3. The van der Waals surface area contributed by atoms with E-state index >= 15 is 0 Å². The van der Waals surface area contributed by atoms with E-state index < -0.39 is 0 Å². The molecule has 1 aliphatic heterocycles. The average molecular weight is 154 g/mol. The maximum atomic E-state index is 4.47. The molecular formula is C10H20N. The van der Waals surface area contributed by atoms with E-state index in [1.54, 1.807) is 0 Å². The molecular weight excluding hydrogens is 134 g/mol. The van der Waals surface area contributed by atoms with Crippen molar-refractivity contribution >= 4 is 0 Å². The molecule has 0 amide bonds. The lowest BCUT2D eigenvalue weighted by Crippen LogP contribution is -2.07. The van der Waals surface area contributed by atoms with E-state index in [1.807, 2.05) is 0 Å². The molecule has 1 saturated heterocycles. The van der Waals surface area contributed by atoms with Crippen molar-refractivity contribution in [2.75, 3.05) is 13.1 Å². The van der Waals surface area contributed by atoms with E-state index in [4.69, 9.17) is 0 Å². The largest absolute Gasteiger partial charge is 0.242 e. The Bertz CT molecular complexity index is 42.9. The monoisotopic (exact) mass is 154 g/mol. The van der Waals surface area contributed by atoms with Crippen LogP contribution in [-0.2, 0) is 0 Å². The molecule has 65 valence electrons. The molecule has 0 spiro atoms. The van der Waals surface area contributed by atoms with E-state index in [9.17, 15) is 0 Å². The highest BCUT2D eigenvalue weighted by atomic mass is 14.8. The van der Waals surface area contributed by atoms with Crippen LogP contribution >= 0.6 is 0 Å². The number of hydrogen-bond donors (Lipinski definition) is 0. The highest BCUT2D eigenvalue weighted by Gasteiger charge is 1.95. The van der Waals surface area contributed by atoms with Crippen molar-refractivity contribution in [2.45, 2.75) is 51.4 Å². The van der Waals surface area contributed by atoms with Gasteiger partial charge in [0.25, 0.3) is 0 Å². The van der Waals surface area contributed by atoms with Gasteiger partial charge in [0.15, 0.2) is 0 Å². The Labute approximate surface area is 70.6 Å². The van der Waals surface area contributed by atoms with Gasteiger partial charge in [-0.3, -0.25) is 0 Å². The number of hydrogen-bond acceptors (Lipinski definition) is 0. The van der Waals surface area contributed by atoms with Crippen molar-refractivity contribution in [1.29, 1.82) is 0 Å². The third-order valence-corrected chi connectivity index (χ3v) is 2.38. The molecule has 1 rings (SSSR count). The van der Waals surface area contributed by atoms with Gasteiger partial charge in [0.2, 0.25) is 0 Å². The molecule has 1 nitrogen and oxygen atoms in total. The second-order valence-corrected chi connectivity index (χ2v) is 3.50. The Morgan fingerprint density at radius 3 is 1.27 bits per heavy atom. The Morgan fingerprint density at radius 1 is 0.455 bits per heavy atom. The van der Waals surface area contributed by atoms with E-state index in [-0.39, 0.29) is 0 Å². The van der Waals surface area contributed by atoms with Crippen LogP contribution in [0.3, 0.4) is 0 Å². The van der Waals surface area contributed by atoms with E-state index in [2.05, 4.69) is 5.32 Å². The van der Waals surface area contributed by atoms with E-state index in [0.717, 1.165) is 13.1 Å². The Balaban J connectivity index is 2.02. The standard InChI is InChI=1S/C10H20N/c1-2-4-6-8-10-11-9-7-5-3-1/h1-10H2. The first-order valence-corrected chi connectivity index (χ1v) is 5.13. The van der Waals surface area contributed by atoms with Crippen LogP contribution in [0.2, 0.25) is 0 Å². The van der Waals surface area contributed by atoms with Gasteiger partial charge < -0.3 is 0 Å². The van der Waals surface area contributed by atoms with Gasteiger partial charge in [-0.05, 0) is 12.8 Å². The summed E-state index contributed by atoms with van der Waals surface area (Å²) in [4.78, 5) is 0. The first-order valence-electron chi connectivity index (χ1n) is 5.13. The first kappa shape index (κ1) is 9.05. The van der Waals surface area contributed by atoms with Gasteiger partial charge in [0.1, 0.15) is 0 Å². The molecule has 0 saturated carbocycles. The van der Waals surface area contributed by atoms with Gasteiger partial charge in [0, 0.05) is 13.1 Å². The van der Waals surface area contributed by atoms with Crippen LogP contribution in [-0.4, -0.2) is 13.1 Å². The molecule has 1 fully saturated rings. The molecule has 1 heterocycles. The van der Waals surface area contributed by atoms with Crippen LogP contribution in [0.4, 0.5) is 0 Å². The molecule has 0 N–H and O–H groups in total. The fourth-order valence-electron chi connectivity index (χ4n) is 1.62. The lowest BCUT2D eigenvalue weighted by Gasteiger charge is -1.98. The summed E-state index contributed by atoms with van der Waals surface area (Å²) in [5, 5.41) is 4.47. The van der Waals surface area contributed by atoms with E-state index in [0.29, 0.717) is 0 Å². The Kier molecular flexibility index (Phi) is 5.48. The van der Waals surface area contributed by atoms with Crippen molar-refractivity contribution < 1.29 is 0 Å². The fraction of sp³-hybridized carbons (Fsp3) is 1.00. The van der Waals surface area contributed by atoms with Gasteiger partial charge in [-0.2, -0.15) is 0 Å². The summed E-state index contributed by atoms with van der Waals surface area (Å²) >= 11 is 0. The Morgan fingerprint density at radius 2 is 0.818 bits per heavy atom. The van der Waals surface area contributed by atoms with Crippen LogP contribution in [0, 0.1) is 0 Å². The predicted molar refractivity (Wildman–Crippen MR) is 48.8 cm³/mol. The van der Waals surface area contributed by atoms with Crippen LogP contribution in [0.1, 0.15) is 51.4 Å². The van der Waals surface area contributed by atoms with Crippen molar-refractivity contribution in [3.8, 4) is 0 Å². The third-order valence-electron chi connectivity index (χ3n) is 2.38. The predicted octanol–water partition coefficient (Wildman–Crippen LogP) is 2.73. The normalized spacial score (nSPS) is 24.0. The first-order chi connectivity index (χ1) is 5.50. The quantitative estimate of drug-likeness (QED) is 0.509. The smallest absolute Gasteiger partial charge is 0.0133 e. The Hall–Kier alpha value is -0.0400. The van der Waals surface area contributed by atoms with Crippen molar-refractivity contribution in [1.82, 2.24) is 5.32 Å². The highest BCUT2D eigenvalue weighted by Crippen LogP contribution is 2.09. The fourth-order valence-corrected chi connectivity index (χ4v) is 1.62. The molecule has 0 aromatic carbocycles. The molecule has 1 aliphatic rings. The lowest BCUT2D eigenvalue weighted by atomic mass is 10.1. The molecule has 0 aliphatic carbocycles. The van der Waals surface area contributed by atoms with Crippen LogP contribution in [0.5, 0.6) is 0 Å². The minimum atomic E-state index is 1.12. The minimum absolute atomic E-state index is 1.12. The molecule has 0 bridgehead atoms.